The number of rotatable bonds is 2. The molecule has 0 spiro atoms. The molecule has 3 rings (SSSR count). The zero-order chi connectivity index (χ0) is 26.2. The van der Waals surface area contributed by atoms with E-state index in [1.54, 1.807) is 14.2 Å². The first-order valence-electron chi connectivity index (χ1n) is 11.9. The van der Waals surface area contributed by atoms with Gasteiger partial charge in [-0.05, 0) is 53.7 Å². The predicted molar refractivity (Wildman–Crippen MR) is 138 cm³/mol. The molecule has 0 saturated carbocycles. The molecule has 2 unspecified atom stereocenters. The van der Waals surface area contributed by atoms with Crippen LogP contribution in [-0.4, -0.2) is 89.3 Å². The summed E-state index contributed by atoms with van der Waals surface area (Å²) < 4.78 is 12.6. The predicted octanol–water partition coefficient (Wildman–Crippen LogP) is 2.08. The number of hydrogen-bond donors (Lipinski definition) is 2. The van der Waals surface area contributed by atoms with Crippen LogP contribution in [0.4, 0.5) is 0 Å². The normalized spacial score (nSPS) is 33.5. The van der Waals surface area contributed by atoms with E-state index in [1.807, 2.05) is 53.7 Å². The van der Waals surface area contributed by atoms with Gasteiger partial charge in [0, 0.05) is 69.0 Å². The van der Waals surface area contributed by atoms with Crippen LogP contribution in [-0.2, 0) is 32.2 Å². The van der Waals surface area contributed by atoms with E-state index in [4.69, 9.17) is 14.5 Å². The van der Waals surface area contributed by atoms with Crippen LogP contribution in [0.5, 0.6) is 0 Å². The minimum atomic E-state index is -1.10. The third-order valence-electron chi connectivity index (χ3n) is 6.72. The number of halogens is 1. The molecule has 2 amide bonds. The third-order valence-corrected chi connectivity index (χ3v) is 7.18. The van der Waals surface area contributed by atoms with Crippen molar-refractivity contribution in [1.29, 1.82) is 0 Å². The summed E-state index contributed by atoms with van der Waals surface area (Å²) in [6.07, 6.45) is 0. The van der Waals surface area contributed by atoms with Crippen molar-refractivity contribution < 1.29 is 19.1 Å². The molecule has 9 nitrogen and oxygen atoms in total. The number of carbonyl (C=O) groups excluding carboxylic acids is 2. The van der Waals surface area contributed by atoms with Gasteiger partial charge in [-0.3, -0.25) is 24.4 Å². The fourth-order valence-electron chi connectivity index (χ4n) is 4.95. The average Bonchev–Trinajstić information content (AvgIpc) is 2.70. The summed E-state index contributed by atoms with van der Waals surface area (Å²) in [5, 5.41) is 6.40. The summed E-state index contributed by atoms with van der Waals surface area (Å²) in [5.41, 5.74) is -1.67. The SMILES string of the molecule is CO[C@]1(C)CN2Cc3cc(Br)cc(n3)CN(CC(C)(C)NC1=O)C[C@](C)(OC)C(=O)NC(C)(C)C2. The van der Waals surface area contributed by atoms with Gasteiger partial charge in [-0.25, -0.2) is 0 Å². The van der Waals surface area contributed by atoms with Gasteiger partial charge >= 0.3 is 0 Å². The number of amides is 2. The van der Waals surface area contributed by atoms with E-state index >= 15 is 0 Å². The van der Waals surface area contributed by atoms with Crippen molar-refractivity contribution in [1.82, 2.24) is 25.4 Å². The standard InChI is InChI=1S/C25H40BrN5O4/c1-22(2)13-30-11-18-9-17(26)10-19(27-18)12-31(16-24(5,34-7)20(32)28-22)14-23(3,4)29-21(33)25(6,15-30)35-8/h9-10H,11-16H2,1-8H3,(H,28,32)(H,29,33)/t24-,25+. The van der Waals surface area contributed by atoms with Crippen LogP contribution in [0, 0.1) is 0 Å². The molecule has 2 aliphatic heterocycles. The van der Waals surface area contributed by atoms with E-state index in [0.29, 0.717) is 39.3 Å². The number of nitrogens with zero attached hydrogens (tertiary/aromatic N) is 3. The molecule has 0 saturated heterocycles. The van der Waals surface area contributed by atoms with Gasteiger partial charge < -0.3 is 20.1 Å². The lowest BCUT2D eigenvalue weighted by molar-refractivity contribution is -0.150. The quantitative estimate of drug-likeness (QED) is 0.578. The minimum Gasteiger partial charge on any atom is -0.367 e. The molecule has 1 aromatic rings. The first-order chi connectivity index (χ1) is 16.1. The monoisotopic (exact) mass is 553 g/mol. The Morgan fingerprint density at radius 2 is 1.14 bits per heavy atom. The van der Waals surface area contributed by atoms with E-state index in [2.05, 4.69) is 36.4 Å². The lowest BCUT2D eigenvalue weighted by atomic mass is 9.95. The number of nitrogens with one attached hydrogen (secondary N) is 2. The highest BCUT2D eigenvalue weighted by Crippen LogP contribution is 2.25. The van der Waals surface area contributed by atoms with Crippen molar-refractivity contribution in [3.8, 4) is 0 Å². The number of ether oxygens (including phenoxy) is 2. The molecule has 0 fully saturated rings. The Bertz CT molecular complexity index is 899. The summed E-state index contributed by atoms with van der Waals surface area (Å²) in [7, 11) is 3.12. The first-order valence-corrected chi connectivity index (χ1v) is 12.7. The lowest BCUT2D eigenvalue weighted by Gasteiger charge is -2.43. The second-order valence-electron chi connectivity index (χ2n) is 11.6. The number of aromatic nitrogens is 1. The Labute approximate surface area is 217 Å². The molecule has 2 aliphatic rings. The van der Waals surface area contributed by atoms with Gasteiger partial charge in [0.2, 0.25) is 0 Å². The van der Waals surface area contributed by atoms with E-state index in [-0.39, 0.29) is 11.8 Å². The number of fused-ring (bicyclic) bond motifs is 2. The second kappa shape index (κ2) is 10.0. The van der Waals surface area contributed by atoms with Crippen LogP contribution in [0.25, 0.3) is 0 Å². The van der Waals surface area contributed by atoms with Gasteiger partial charge in [-0.15, -0.1) is 0 Å². The van der Waals surface area contributed by atoms with Gasteiger partial charge in [0.25, 0.3) is 11.8 Å². The second-order valence-corrected chi connectivity index (χ2v) is 12.5. The van der Waals surface area contributed by atoms with Crippen molar-refractivity contribution in [3.05, 3.63) is 28.0 Å². The van der Waals surface area contributed by atoms with Crippen LogP contribution in [0.2, 0.25) is 0 Å². The first kappa shape index (κ1) is 28.0. The molecular formula is C25H40BrN5O4. The van der Waals surface area contributed by atoms with Gasteiger partial charge in [0.15, 0.2) is 11.2 Å². The Morgan fingerprint density at radius 3 is 1.49 bits per heavy atom. The molecule has 3 heterocycles. The van der Waals surface area contributed by atoms with Crippen LogP contribution in [0.3, 0.4) is 0 Å². The molecule has 0 aliphatic carbocycles. The molecule has 0 radical (unpaired) electrons. The van der Waals surface area contributed by atoms with Crippen molar-refractivity contribution in [2.45, 2.75) is 76.9 Å². The summed E-state index contributed by atoms with van der Waals surface area (Å²) in [5.74, 6) is -0.355. The minimum absolute atomic E-state index is 0.177. The Morgan fingerprint density at radius 1 is 0.771 bits per heavy atom. The molecule has 4 atom stereocenters. The van der Waals surface area contributed by atoms with Gasteiger partial charge in [-0.1, -0.05) is 15.9 Å². The van der Waals surface area contributed by atoms with E-state index < -0.39 is 22.3 Å². The molecule has 10 heteroatoms. The number of carbonyl (C=O) groups is 2. The van der Waals surface area contributed by atoms with Crippen LogP contribution < -0.4 is 10.6 Å². The van der Waals surface area contributed by atoms with Crippen LogP contribution in [0.15, 0.2) is 16.6 Å². The number of pyridine rings is 1. The molecule has 1 aromatic heterocycles. The maximum Gasteiger partial charge on any atom is 0.253 e. The Kier molecular flexibility index (Phi) is 8.04. The van der Waals surface area contributed by atoms with Crippen molar-refractivity contribution in [2.75, 3.05) is 40.4 Å². The van der Waals surface area contributed by atoms with E-state index in [9.17, 15) is 9.59 Å². The zero-order valence-corrected chi connectivity index (χ0v) is 23.8. The molecule has 0 aromatic carbocycles. The summed E-state index contributed by atoms with van der Waals surface area (Å²) in [6.45, 7) is 14.1. The Hall–Kier alpha value is -1.59. The van der Waals surface area contributed by atoms with Crippen LogP contribution >= 0.6 is 15.9 Å². The molecule has 35 heavy (non-hydrogen) atoms. The van der Waals surface area contributed by atoms with Gasteiger partial charge in [-0.2, -0.15) is 0 Å². The maximum atomic E-state index is 13.6. The van der Waals surface area contributed by atoms with Crippen molar-refractivity contribution in [2.24, 2.45) is 0 Å². The number of hydrogen-bond acceptors (Lipinski definition) is 7. The fourth-order valence-corrected chi connectivity index (χ4v) is 5.48. The average molecular weight is 555 g/mol. The highest BCUT2D eigenvalue weighted by atomic mass is 79.9. The van der Waals surface area contributed by atoms with Crippen molar-refractivity contribution >= 4 is 27.7 Å². The molecule has 2 N–H and O–H groups in total. The Balaban J connectivity index is 2.23. The highest BCUT2D eigenvalue weighted by molar-refractivity contribution is 9.10. The smallest absolute Gasteiger partial charge is 0.253 e. The maximum absolute atomic E-state index is 13.6. The zero-order valence-electron chi connectivity index (χ0n) is 22.2. The van der Waals surface area contributed by atoms with E-state index in [0.717, 1.165) is 15.9 Å². The largest absolute Gasteiger partial charge is 0.367 e. The van der Waals surface area contributed by atoms with Crippen molar-refractivity contribution in [3.63, 3.8) is 0 Å². The van der Waals surface area contributed by atoms with Crippen LogP contribution in [0.1, 0.15) is 52.9 Å². The fraction of sp³-hybridized carbons (Fsp3) is 0.720. The summed E-state index contributed by atoms with van der Waals surface area (Å²) >= 11 is 3.65. The molecular weight excluding hydrogens is 514 g/mol. The van der Waals surface area contributed by atoms with Gasteiger partial charge in [0.05, 0.1) is 11.4 Å². The summed E-state index contributed by atoms with van der Waals surface area (Å²) in [4.78, 5) is 36.3. The topological polar surface area (TPSA) is 96.0 Å². The summed E-state index contributed by atoms with van der Waals surface area (Å²) in [6, 6.07) is 4.00. The third kappa shape index (κ3) is 6.80. The number of methoxy groups -OCH3 is 2. The lowest BCUT2D eigenvalue weighted by Crippen LogP contribution is -2.65. The molecule has 4 bridgehead atoms. The van der Waals surface area contributed by atoms with E-state index in [1.165, 1.54) is 0 Å². The highest BCUT2D eigenvalue weighted by Gasteiger charge is 2.43. The molecule has 196 valence electrons. The van der Waals surface area contributed by atoms with Gasteiger partial charge in [0.1, 0.15) is 0 Å².